The highest BCUT2D eigenvalue weighted by Crippen LogP contribution is 2.17. The quantitative estimate of drug-likeness (QED) is 0.544. The molecule has 4 nitrogen and oxygen atoms in total. The van der Waals surface area contributed by atoms with Crippen LogP contribution in [0.25, 0.3) is 0 Å². The molecule has 0 spiro atoms. The molecule has 2 unspecified atom stereocenters. The van der Waals surface area contributed by atoms with Crippen LogP contribution in [0.1, 0.15) is 17.2 Å². The van der Waals surface area contributed by atoms with Gasteiger partial charge in [-0.2, -0.15) is 0 Å². The molecule has 4 heteroatoms. The molecule has 0 aliphatic heterocycles. The second-order valence-electron chi connectivity index (χ2n) is 3.47. The van der Waals surface area contributed by atoms with Gasteiger partial charge in [0.25, 0.3) is 0 Å². The minimum atomic E-state index is -0.927. The van der Waals surface area contributed by atoms with Gasteiger partial charge in [-0.1, -0.05) is 24.3 Å². The van der Waals surface area contributed by atoms with Crippen molar-refractivity contribution in [1.29, 1.82) is 0 Å². The number of hydrogen-bond acceptors (Lipinski definition) is 4. The number of aliphatic hydroxyl groups is 3. The third-order valence-electron chi connectivity index (χ3n) is 2.25. The van der Waals surface area contributed by atoms with Crippen LogP contribution in [0.15, 0.2) is 24.3 Å². The molecule has 0 heterocycles. The van der Waals surface area contributed by atoms with Gasteiger partial charge in [0.1, 0.15) is 6.10 Å². The van der Waals surface area contributed by atoms with Gasteiger partial charge in [0, 0.05) is 6.54 Å². The van der Waals surface area contributed by atoms with E-state index >= 15 is 0 Å². The molecule has 0 amide bonds. The third kappa shape index (κ3) is 3.28. The van der Waals surface area contributed by atoms with Crippen LogP contribution in [0.3, 0.4) is 0 Å². The molecule has 1 aromatic carbocycles. The van der Waals surface area contributed by atoms with Crippen LogP contribution < -0.4 is 5.32 Å². The molecule has 84 valence electrons. The Morgan fingerprint density at radius 3 is 2.67 bits per heavy atom. The lowest BCUT2D eigenvalue weighted by Crippen LogP contribution is -2.29. The number of benzene rings is 1. The molecular weight excluding hydrogens is 194 g/mol. The smallest absolute Gasteiger partial charge is 0.106 e. The first-order valence-corrected chi connectivity index (χ1v) is 4.89. The molecule has 0 saturated heterocycles. The fourth-order valence-corrected chi connectivity index (χ4v) is 1.42. The zero-order valence-corrected chi connectivity index (χ0v) is 8.72. The highest BCUT2D eigenvalue weighted by Gasteiger charge is 2.17. The maximum atomic E-state index is 9.77. The average molecular weight is 211 g/mol. The zero-order chi connectivity index (χ0) is 11.3. The second-order valence-corrected chi connectivity index (χ2v) is 3.47. The van der Waals surface area contributed by atoms with Crippen molar-refractivity contribution in [3.05, 3.63) is 35.4 Å². The Bertz CT molecular complexity index is 304. The third-order valence-corrected chi connectivity index (χ3v) is 2.25. The van der Waals surface area contributed by atoms with E-state index in [-0.39, 0.29) is 6.61 Å². The van der Waals surface area contributed by atoms with Crippen LogP contribution in [0, 0.1) is 0 Å². The molecule has 0 fully saturated rings. The van der Waals surface area contributed by atoms with Gasteiger partial charge in [0.15, 0.2) is 0 Å². The van der Waals surface area contributed by atoms with Gasteiger partial charge in [-0.15, -0.1) is 0 Å². The Labute approximate surface area is 89.2 Å². The second kappa shape index (κ2) is 5.82. The van der Waals surface area contributed by atoms with E-state index in [2.05, 4.69) is 5.32 Å². The van der Waals surface area contributed by atoms with E-state index in [1.807, 2.05) is 0 Å². The van der Waals surface area contributed by atoms with Gasteiger partial charge in [0.2, 0.25) is 0 Å². The average Bonchev–Trinajstić information content (AvgIpc) is 2.28. The van der Waals surface area contributed by atoms with Gasteiger partial charge in [-0.05, 0) is 18.2 Å². The summed E-state index contributed by atoms with van der Waals surface area (Å²) in [6.07, 6.45) is -1.77. The molecule has 0 radical (unpaired) electrons. The van der Waals surface area contributed by atoms with Crippen LogP contribution in [0.4, 0.5) is 0 Å². The van der Waals surface area contributed by atoms with E-state index in [9.17, 15) is 10.2 Å². The van der Waals surface area contributed by atoms with Crippen molar-refractivity contribution < 1.29 is 15.3 Å². The van der Waals surface area contributed by atoms with Crippen LogP contribution in [0.2, 0.25) is 0 Å². The highest BCUT2D eigenvalue weighted by molar-refractivity contribution is 5.25. The fourth-order valence-electron chi connectivity index (χ4n) is 1.42. The Kier molecular flexibility index (Phi) is 4.71. The predicted molar refractivity (Wildman–Crippen MR) is 57.3 cm³/mol. The van der Waals surface area contributed by atoms with E-state index in [0.717, 1.165) is 5.56 Å². The van der Waals surface area contributed by atoms with Crippen molar-refractivity contribution in [1.82, 2.24) is 5.32 Å². The molecule has 1 rings (SSSR count). The van der Waals surface area contributed by atoms with E-state index in [1.54, 1.807) is 31.3 Å². The van der Waals surface area contributed by atoms with E-state index < -0.39 is 12.2 Å². The lowest BCUT2D eigenvalue weighted by atomic mass is 10.0. The standard InChI is InChI=1S/C11H17NO3/c1-12-6-10(14)11(15)9-4-2-3-8(5-9)7-13/h2-5,10-15H,6-7H2,1H3. The summed E-state index contributed by atoms with van der Waals surface area (Å²) in [6.45, 7) is 0.257. The Balaban J connectivity index is 2.76. The molecule has 1 aromatic rings. The number of rotatable bonds is 5. The maximum Gasteiger partial charge on any atom is 0.106 e. The van der Waals surface area contributed by atoms with E-state index in [1.165, 1.54) is 0 Å². The molecule has 4 N–H and O–H groups in total. The molecule has 15 heavy (non-hydrogen) atoms. The minimum Gasteiger partial charge on any atom is -0.392 e. The molecule has 0 aliphatic rings. The Morgan fingerprint density at radius 2 is 2.07 bits per heavy atom. The van der Waals surface area contributed by atoms with Crippen molar-refractivity contribution in [3.8, 4) is 0 Å². The monoisotopic (exact) mass is 211 g/mol. The van der Waals surface area contributed by atoms with Crippen molar-refractivity contribution in [3.63, 3.8) is 0 Å². The summed E-state index contributed by atoms with van der Waals surface area (Å²) in [5.41, 5.74) is 1.34. The predicted octanol–water partition coefficient (Wildman–Crippen LogP) is -0.207. The number of likely N-dealkylation sites (N-methyl/N-ethyl adjacent to an activating group) is 1. The van der Waals surface area contributed by atoms with Crippen molar-refractivity contribution in [2.45, 2.75) is 18.8 Å². The highest BCUT2D eigenvalue weighted by atomic mass is 16.3. The first-order valence-electron chi connectivity index (χ1n) is 4.89. The van der Waals surface area contributed by atoms with Gasteiger partial charge >= 0.3 is 0 Å². The van der Waals surface area contributed by atoms with Crippen LogP contribution in [-0.2, 0) is 6.61 Å². The summed E-state index contributed by atoms with van der Waals surface area (Å²) in [5, 5.41) is 31.0. The van der Waals surface area contributed by atoms with Crippen molar-refractivity contribution in [2.24, 2.45) is 0 Å². The zero-order valence-electron chi connectivity index (χ0n) is 8.72. The summed E-state index contributed by atoms with van der Waals surface area (Å²) < 4.78 is 0. The summed E-state index contributed by atoms with van der Waals surface area (Å²) in [5.74, 6) is 0. The molecule has 0 saturated carbocycles. The van der Waals surface area contributed by atoms with Gasteiger partial charge in [-0.25, -0.2) is 0 Å². The van der Waals surface area contributed by atoms with Crippen molar-refractivity contribution in [2.75, 3.05) is 13.6 Å². The largest absolute Gasteiger partial charge is 0.392 e. The van der Waals surface area contributed by atoms with Crippen molar-refractivity contribution >= 4 is 0 Å². The Hall–Kier alpha value is -0.940. The summed E-state index contributed by atoms with van der Waals surface area (Å²) in [6, 6.07) is 6.92. The topological polar surface area (TPSA) is 72.7 Å². The molecule has 0 aromatic heterocycles. The normalized spacial score (nSPS) is 14.9. The molecule has 0 bridgehead atoms. The van der Waals surface area contributed by atoms with E-state index in [0.29, 0.717) is 12.1 Å². The first kappa shape index (κ1) is 12.1. The first-order chi connectivity index (χ1) is 7.19. The van der Waals surface area contributed by atoms with Gasteiger partial charge in [0.05, 0.1) is 12.7 Å². The summed E-state index contributed by atoms with van der Waals surface area (Å²) >= 11 is 0. The number of nitrogens with one attached hydrogen (secondary N) is 1. The number of hydrogen-bond donors (Lipinski definition) is 4. The lowest BCUT2D eigenvalue weighted by Gasteiger charge is -2.18. The fraction of sp³-hybridized carbons (Fsp3) is 0.455. The number of aliphatic hydroxyl groups excluding tert-OH is 3. The van der Waals surface area contributed by atoms with E-state index in [4.69, 9.17) is 5.11 Å². The van der Waals surface area contributed by atoms with Crippen LogP contribution >= 0.6 is 0 Å². The maximum absolute atomic E-state index is 9.77. The molecule has 2 atom stereocenters. The van der Waals surface area contributed by atoms with Gasteiger partial charge in [-0.3, -0.25) is 0 Å². The minimum absolute atomic E-state index is 0.0668. The molecule has 0 aliphatic carbocycles. The summed E-state index contributed by atoms with van der Waals surface area (Å²) in [7, 11) is 1.71. The lowest BCUT2D eigenvalue weighted by molar-refractivity contribution is 0.0201. The summed E-state index contributed by atoms with van der Waals surface area (Å²) in [4.78, 5) is 0. The van der Waals surface area contributed by atoms with Crippen LogP contribution in [-0.4, -0.2) is 35.0 Å². The van der Waals surface area contributed by atoms with Crippen LogP contribution in [0.5, 0.6) is 0 Å². The van der Waals surface area contributed by atoms with Gasteiger partial charge < -0.3 is 20.6 Å². The Morgan fingerprint density at radius 1 is 1.33 bits per heavy atom. The SMILES string of the molecule is CNCC(O)C(O)c1cccc(CO)c1. The molecular formula is C11H17NO3.